The zero-order valence-corrected chi connectivity index (χ0v) is 27.7. The maximum Gasteiger partial charge on any atom is 0.411 e. The lowest BCUT2D eigenvalue weighted by Gasteiger charge is -2.51. The lowest BCUT2D eigenvalue weighted by molar-refractivity contribution is -0.141. The average Bonchev–Trinajstić information content (AvgIpc) is 3.07. The highest BCUT2D eigenvalue weighted by Gasteiger charge is 2.53. The molecule has 0 unspecified atom stereocenters. The van der Waals surface area contributed by atoms with Gasteiger partial charge in [-0.1, -0.05) is 30.3 Å². The molecular weight excluding hydrogens is 592 g/mol. The first-order chi connectivity index (χ1) is 22.2. The fourth-order valence-electron chi connectivity index (χ4n) is 6.81. The predicted octanol–water partition coefficient (Wildman–Crippen LogP) is 5.47. The first-order valence-electron chi connectivity index (χ1n) is 14.7. The molecule has 0 aromatic heterocycles. The summed E-state index contributed by atoms with van der Waals surface area (Å²) in [4.78, 5) is 31.5. The van der Waals surface area contributed by atoms with Gasteiger partial charge < -0.3 is 38.1 Å². The number of hydrogen-bond donors (Lipinski definition) is 0. The van der Waals surface area contributed by atoms with E-state index in [0.29, 0.717) is 56.9 Å². The van der Waals surface area contributed by atoms with E-state index >= 15 is 0 Å². The highest BCUT2D eigenvalue weighted by molar-refractivity contribution is 5.93. The molecule has 2 aliphatic heterocycles. The molecule has 1 saturated heterocycles. The second-order valence-corrected chi connectivity index (χ2v) is 11.0. The molecule has 0 aliphatic carbocycles. The number of fused-ring (bicyclic) bond motifs is 4. The minimum absolute atomic E-state index is 0.182. The zero-order chi connectivity index (χ0) is 33.3. The summed E-state index contributed by atoms with van der Waals surface area (Å²) in [5, 5.41) is 0. The first kappa shape index (κ1) is 32.3. The smallest absolute Gasteiger partial charge is 0.411 e. The van der Waals surface area contributed by atoms with Crippen molar-refractivity contribution in [3.63, 3.8) is 0 Å². The monoisotopic (exact) mass is 632 g/mol. The van der Waals surface area contributed by atoms with Crippen LogP contribution in [0.25, 0.3) is 6.08 Å². The minimum atomic E-state index is -0.883. The van der Waals surface area contributed by atoms with Crippen LogP contribution < -0.4 is 28.4 Å². The molecule has 3 aromatic carbocycles. The van der Waals surface area contributed by atoms with Crippen molar-refractivity contribution < 1.29 is 42.7 Å². The summed E-state index contributed by atoms with van der Waals surface area (Å²) in [5.74, 6) is 2.71. The Morgan fingerprint density at radius 2 is 1.41 bits per heavy atom. The predicted molar refractivity (Wildman–Crippen MR) is 171 cm³/mol. The second kappa shape index (κ2) is 13.1. The zero-order valence-electron chi connectivity index (χ0n) is 27.7. The topological polar surface area (TPSA) is 105 Å². The number of benzene rings is 3. The SMILES string of the molecule is COC(=O)N1[C@H]2Cc3c(OC)c(C)c(OC)c(OC)c3[C@@H]1/C(=C\c1cc(OC)c(OC)c(C)c1OC)N(Cc1ccccc1)C2=O. The van der Waals surface area contributed by atoms with Crippen LogP contribution in [0.1, 0.15) is 39.4 Å². The number of amides is 2. The maximum absolute atomic E-state index is 14.7. The van der Waals surface area contributed by atoms with E-state index in [-0.39, 0.29) is 18.9 Å². The molecule has 1 fully saturated rings. The molecule has 2 bridgehead atoms. The molecule has 46 heavy (non-hydrogen) atoms. The number of ether oxygens (including phenoxy) is 7. The molecule has 0 N–H and O–H groups in total. The molecule has 2 heterocycles. The lowest BCUT2D eigenvalue weighted by Crippen LogP contribution is -2.61. The number of nitrogens with zero attached hydrogens (tertiary/aromatic N) is 2. The van der Waals surface area contributed by atoms with Gasteiger partial charge in [0, 0.05) is 39.9 Å². The Kier molecular flexibility index (Phi) is 9.22. The molecule has 0 saturated carbocycles. The van der Waals surface area contributed by atoms with Crippen LogP contribution in [0.5, 0.6) is 34.5 Å². The Balaban J connectivity index is 1.91. The van der Waals surface area contributed by atoms with Gasteiger partial charge in [-0.05, 0) is 31.6 Å². The van der Waals surface area contributed by atoms with Crippen molar-refractivity contribution in [3.05, 3.63) is 75.5 Å². The van der Waals surface area contributed by atoms with E-state index in [4.69, 9.17) is 33.2 Å². The maximum atomic E-state index is 14.7. The van der Waals surface area contributed by atoms with Crippen molar-refractivity contribution in [2.45, 2.75) is 38.9 Å². The fraction of sp³-hybridized carbons (Fsp3) is 0.371. The van der Waals surface area contributed by atoms with Gasteiger partial charge in [0.05, 0.1) is 56.3 Å². The van der Waals surface area contributed by atoms with Crippen molar-refractivity contribution in [2.75, 3.05) is 49.8 Å². The molecule has 11 heteroatoms. The number of hydrogen-bond acceptors (Lipinski definition) is 9. The van der Waals surface area contributed by atoms with Gasteiger partial charge in [-0.25, -0.2) is 4.79 Å². The van der Waals surface area contributed by atoms with Crippen LogP contribution in [0.2, 0.25) is 0 Å². The molecule has 0 spiro atoms. The van der Waals surface area contributed by atoms with Crippen LogP contribution in [0.3, 0.4) is 0 Å². The van der Waals surface area contributed by atoms with Gasteiger partial charge in [-0.3, -0.25) is 9.69 Å². The standard InChI is InChI=1S/C35H40N2O9/c1-19-29(41-4)22(16-26(40-3)31(19)43-6)15-24-28-27-23(30(42-5)20(2)32(44-7)33(27)45-8)17-25(37(28)35(39)46-9)34(38)36(24)18-21-13-11-10-12-14-21/h10-16,25,28H,17-18H2,1-9H3/b24-15+/t25-,28-/m0/s1. The third-order valence-corrected chi connectivity index (χ3v) is 8.73. The molecule has 3 aromatic rings. The molecular formula is C35H40N2O9. The molecule has 2 amide bonds. The van der Waals surface area contributed by atoms with E-state index in [1.807, 2.05) is 50.3 Å². The largest absolute Gasteiger partial charge is 0.496 e. The quantitative estimate of drug-likeness (QED) is 0.304. The lowest BCUT2D eigenvalue weighted by atomic mass is 9.80. The number of carbonyl (C=O) groups excluding carboxylic acids is 2. The summed E-state index contributed by atoms with van der Waals surface area (Å²) >= 11 is 0. The van der Waals surface area contributed by atoms with E-state index in [0.717, 1.165) is 16.7 Å². The summed E-state index contributed by atoms with van der Waals surface area (Å²) in [6.45, 7) is 3.99. The highest BCUT2D eigenvalue weighted by Crippen LogP contribution is 2.55. The minimum Gasteiger partial charge on any atom is -0.496 e. The Morgan fingerprint density at radius 3 is 1.98 bits per heavy atom. The van der Waals surface area contributed by atoms with Gasteiger partial charge in [0.15, 0.2) is 23.0 Å². The Hall–Kier alpha value is -5.06. The van der Waals surface area contributed by atoms with E-state index in [1.54, 1.807) is 53.6 Å². The summed E-state index contributed by atoms with van der Waals surface area (Å²) in [5.41, 5.74) is 4.83. The van der Waals surface area contributed by atoms with Gasteiger partial charge >= 0.3 is 6.09 Å². The van der Waals surface area contributed by atoms with Crippen molar-refractivity contribution in [3.8, 4) is 34.5 Å². The van der Waals surface area contributed by atoms with E-state index in [1.165, 1.54) is 12.0 Å². The van der Waals surface area contributed by atoms with Crippen molar-refractivity contribution >= 4 is 18.1 Å². The van der Waals surface area contributed by atoms with Gasteiger partial charge in [-0.2, -0.15) is 0 Å². The van der Waals surface area contributed by atoms with Crippen LogP contribution in [0.15, 0.2) is 42.1 Å². The highest BCUT2D eigenvalue weighted by atomic mass is 16.5. The van der Waals surface area contributed by atoms with Crippen LogP contribution in [-0.4, -0.2) is 77.6 Å². The van der Waals surface area contributed by atoms with Gasteiger partial charge in [-0.15, -0.1) is 0 Å². The van der Waals surface area contributed by atoms with Crippen LogP contribution in [0, 0.1) is 13.8 Å². The third kappa shape index (κ3) is 5.09. The van der Waals surface area contributed by atoms with Gasteiger partial charge in [0.25, 0.3) is 0 Å². The third-order valence-electron chi connectivity index (χ3n) is 8.73. The molecule has 2 atom stereocenters. The van der Waals surface area contributed by atoms with Crippen LogP contribution in [-0.2, 0) is 22.5 Å². The van der Waals surface area contributed by atoms with Crippen molar-refractivity contribution in [1.82, 2.24) is 9.80 Å². The van der Waals surface area contributed by atoms with E-state index in [9.17, 15) is 9.59 Å². The van der Waals surface area contributed by atoms with Gasteiger partial charge in [0.1, 0.15) is 23.6 Å². The summed E-state index contributed by atoms with van der Waals surface area (Å²) in [6.07, 6.45) is 1.37. The molecule has 2 aliphatic rings. The number of piperazine rings is 1. The van der Waals surface area contributed by atoms with E-state index < -0.39 is 18.2 Å². The average molecular weight is 633 g/mol. The van der Waals surface area contributed by atoms with Crippen LogP contribution in [0.4, 0.5) is 4.79 Å². The Labute approximate surface area is 269 Å². The molecule has 11 nitrogen and oxygen atoms in total. The second-order valence-electron chi connectivity index (χ2n) is 11.0. The van der Waals surface area contributed by atoms with Gasteiger partial charge in [0.2, 0.25) is 5.91 Å². The van der Waals surface area contributed by atoms with E-state index in [2.05, 4.69) is 0 Å². The number of methoxy groups -OCH3 is 7. The first-order valence-corrected chi connectivity index (χ1v) is 14.7. The molecule has 244 valence electrons. The number of rotatable bonds is 9. The van der Waals surface area contributed by atoms with Crippen LogP contribution >= 0.6 is 0 Å². The summed E-state index contributed by atoms with van der Waals surface area (Å²) < 4.78 is 40.3. The Bertz CT molecular complexity index is 1690. The normalized spacial score (nSPS) is 17.8. The van der Waals surface area contributed by atoms with Crippen molar-refractivity contribution in [2.24, 2.45) is 0 Å². The summed E-state index contributed by atoms with van der Waals surface area (Å²) in [6, 6.07) is 9.74. The molecule has 0 radical (unpaired) electrons. The molecule has 5 rings (SSSR count). The number of carbonyl (C=O) groups is 2. The Morgan fingerprint density at radius 1 is 0.804 bits per heavy atom. The summed E-state index contributed by atoms with van der Waals surface area (Å²) in [7, 11) is 10.7. The van der Waals surface area contributed by atoms with Crippen molar-refractivity contribution in [1.29, 1.82) is 0 Å². The fourth-order valence-corrected chi connectivity index (χ4v) is 6.81.